The summed E-state index contributed by atoms with van der Waals surface area (Å²) < 4.78 is 0. The van der Waals surface area contributed by atoms with Crippen LogP contribution in [0.4, 0.5) is 0 Å². The van der Waals surface area contributed by atoms with Gasteiger partial charge in [-0.25, -0.2) is 0 Å². The van der Waals surface area contributed by atoms with Crippen LogP contribution >= 0.6 is 0 Å². The maximum atomic E-state index is 11.4. The Balaban J connectivity index is 1.91. The van der Waals surface area contributed by atoms with Crippen LogP contribution < -0.4 is 0 Å². The highest BCUT2D eigenvalue weighted by atomic mass is 16.2. The topological polar surface area (TPSA) is 20.3 Å². The first-order chi connectivity index (χ1) is 7.72. The Morgan fingerprint density at radius 1 is 1.38 bits per heavy atom. The van der Waals surface area contributed by atoms with Crippen molar-refractivity contribution in [3.63, 3.8) is 0 Å². The van der Waals surface area contributed by atoms with Gasteiger partial charge in [-0.05, 0) is 30.4 Å². The van der Waals surface area contributed by atoms with Gasteiger partial charge in [0.05, 0.1) is 0 Å². The zero-order valence-electron chi connectivity index (χ0n) is 9.60. The van der Waals surface area contributed by atoms with Crippen molar-refractivity contribution in [3.8, 4) is 0 Å². The molecule has 0 unspecified atom stereocenters. The second-order valence-electron chi connectivity index (χ2n) is 4.39. The Kier molecular flexibility index (Phi) is 3.09. The Bertz CT molecular complexity index is 379. The first-order valence-electron chi connectivity index (χ1n) is 5.66. The highest BCUT2D eigenvalue weighted by Crippen LogP contribution is 2.39. The van der Waals surface area contributed by atoms with Crippen LogP contribution in [0.2, 0.25) is 0 Å². The molecule has 0 aliphatic heterocycles. The van der Waals surface area contributed by atoms with Gasteiger partial charge in [0.1, 0.15) is 0 Å². The molecule has 0 radical (unpaired) electrons. The third-order valence-electron chi connectivity index (χ3n) is 3.45. The minimum atomic E-state index is 0.0245. The zero-order valence-corrected chi connectivity index (χ0v) is 9.60. The fourth-order valence-electron chi connectivity index (χ4n) is 2.23. The monoisotopic (exact) mass is 215 g/mol. The van der Waals surface area contributed by atoms with Gasteiger partial charge in [-0.15, -0.1) is 0 Å². The van der Waals surface area contributed by atoms with E-state index in [0.29, 0.717) is 12.0 Å². The maximum Gasteiger partial charge on any atom is 0.245 e. The Labute approximate surface area is 96.6 Å². The van der Waals surface area contributed by atoms with Crippen molar-refractivity contribution >= 4 is 5.91 Å². The van der Waals surface area contributed by atoms with Crippen LogP contribution in [0.15, 0.2) is 43.0 Å². The van der Waals surface area contributed by atoms with Crippen LogP contribution in [-0.2, 0) is 4.79 Å². The standard InChI is InChI=1S/C14H17NO/c1-3-14(16)15(2)13-9-12(10-13)11-7-5-4-6-8-11/h3-8,12-13H,1,9-10H2,2H3. The van der Waals surface area contributed by atoms with Crippen molar-refractivity contribution in [1.29, 1.82) is 0 Å². The van der Waals surface area contributed by atoms with E-state index in [9.17, 15) is 4.79 Å². The molecule has 0 spiro atoms. The molecule has 2 nitrogen and oxygen atoms in total. The number of nitrogens with zero attached hydrogens (tertiary/aromatic N) is 1. The lowest BCUT2D eigenvalue weighted by Gasteiger charge is -2.41. The molecule has 1 fully saturated rings. The summed E-state index contributed by atoms with van der Waals surface area (Å²) in [6.45, 7) is 3.51. The SMILES string of the molecule is C=CC(=O)N(C)C1CC(c2ccccc2)C1. The molecule has 0 heterocycles. The molecule has 1 saturated carbocycles. The number of carbonyl (C=O) groups is 1. The molecule has 0 aromatic heterocycles. The average Bonchev–Trinajstić information content (AvgIpc) is 2.27. The number of likely N-dealkylation sites (N-methyl/N-ethyl adjacent to an activating group) is 1. The smallest absolute Gasteiger partial charge is 0.245 e. The van der Waals surface area contributed by atoms with Crippen molar-refractivity contribution in [2.45, 2.75) is 24.8 Å². The van der Waals surface area contributed by atoms with E-state index < -0.39 is 0 Å². The Hall–Kier alpha value is -1.57. The second-order valence-corrected chi connectivity index (χ2v) is 4.39. The number of hydrogen-bond donors (Lipinski definition) is 0. The third-order valence-corrected chi connectivity index (χ3v) is 3.45. The van der Waals surface area contributed by atoms with Gasteiger partial charge in [0, 0.05) is 13.1 Å². The fourth-order valence-corrected chi connectivity index (χ4v) is 2.23. The van der Waals surface area contributed by atoms with E-state index in [1.807, 2.05) is 13.1 Å². The molecule has 0 N–H and O–H groups in total. The molecule has 84 valence electrons. The van der Waals surface area contributed by atoms with Gasteiger partial charge in [-0.2, -0.15) is 0 Å². The van der Waals surface area contributed by atoms with Crippen LogP contribution in [-0.4, -0.2) is 23.9 Å². The summed E-state index contributed by atoms with van der Waals surface area (Å²) >= 11 is 0. The molecule has 16 heavy (non-hydrogen) atoms. The maximum absolute atomic E-state index is 11.4. The van der Waals surface area contributed by atoms with E-state index in [2.05, 4.69) is 30.8 Å². The molecule has 2 rings (SSSR count). The number of carbonyl (C=O) groups excluding carboxylic acids is 1. The average molecular weight is 215 g/mol. The first kappa shape index (κ1) is 10.9. The highest BCUT2D eigenvalue weighted by Gasteiger charge is 2.34. The molecule has 1 aliphatic carbocycles. The van der Waals surface area contributed by atoms with Crippen LogP contribution in [0.25, 0.3) is 0 Å². The van der Waals surface area contributed by atoms with E-state index in [0.717, 1.165) is 12.8 Å². The van der Waals surface area contributed by atoms with E-state index in [1.54, 1.807) is 4.90 Å². The quantitative estimate of drug-likeness (QED) is 0.710. The van der Waals surface area contributed by atoms with E-state index >= 15 is 0 Å². The lowest BCUT2D eigenvalue weighted by Crippen LogP contribution is -2.44. The van der Waals surface area contributed by atoms with Crippen molar-refractivity contribution in [1.82, 2.24) is 4.90 Å². The van der Waals surface area contributed by atoms with Crippen molar-refractivity contribution in [2.75, 3.05) is 7.05 Å². The molecular weight excluding hydrogens is 198 g/mol. The van der Waals surface area contributed by atoms with Crippen LogP contribution in [0.5, 0.6) is 0 Å². The minimum Gasteiger partial charge on any atom is -0.339 e. The van der Waals surface area contributed by atoms with Crippen LogP contribution in [0.3, 0.4) is 0 Å². The molecule has 2 heteroatoms. The van der Waals surface area contributed by atoms with Crippen molar-refractivity contribution in [3.05, 3.63) is 48.6 Å². The highest BCUT2D eigenvalue weighted by molar-refractivity contribution is 5.87. The van der Waals surface area contributed by atoms with Gasteiger partial charge >= 0.3 is 0 Å². The molecule has 0 bridgehead atoms. The molecule has 1 aromatic carbocycles. The molecule has 0 saturated heterocycles. The predicted octanol–water partition coefficient (Wildman–Crippen LogP) is 2.58. The summed E-state index contributed by atoms with van der Waals surface area (Å²) in [5.41, 5.74) is 1.39. The largest absolute Gasteiger partial charge is 0.339 e. The lowest BCUT2D eigenvalue weighted by molar-refractivity contribution is -0.128. The van der Waals surface area contributed by atoms with E-state index in [-0.39, 0.29) is 5.91 Å². The summed E-state index contributed by atoms with van der Waals surface area (Å²) in [6, 6.07) is 10.9. The predicted molar refractivity (Wildman–Crippen MR) is 65.2 cm³/mol. The zero-order chi connectivity index (χ0) is 11.5. The number of benzene rings is 1. The molecule has 1 aromatic rings. The van der Waals surface area contributed by atoms with E-state index in [4.69, 9.17) is 0 Å². The van der Waals surface area contributed by atoms with E-state index in [1.165, 1.54) is 11.6 Å². The van der Waals surface area contributed by atoms with Gasteiger partial charge in [0.2, 0.25) is 5.91 Å². The van der Waals surface area contributed by atoms with Crippen molar-refractivity contribution < 1.29 is 4.79 Å². The molecular formula is C14H17NO. The normalized spacial score (nSPS) is 23.3. The van der Waals surface area contributed by atoms with Gasteiger partial charge in [0.15, 0.2) is 0 Å². The Morgan fingerprint density at radius 2 is 2.00 bits per heavy atom. The van der Waals surface area contributed by atoms with Gasteiger partial charge in [0.25, 0.3) is 0 Å². The second kappa shape index (κ2) is 4.52. The molecule has 1 amide bonds. The Morgan fingerprint density at radius 3 is 2.56 bits per heavy atom. The summed E-state index contributed by atoms with van der Waals surface area (Å²) in [5, 5.41) is 0. The summed E-state index contributed by atoms with van der Waals surface area (Å²) in [7, 11) is 1.86. The summed E-state index contributed by atoms with van der Waals surface area (Å²) in [4.78, 5) is 13.2. The first-order valence-corrected chi connectivity index (χ1v) is 5.66. The lowest BCUT2D eigenvalue weighted by atomic mass is 9.75. The van der Waals surface area contributed by atoms with Crippen LogP contribution in [0.1, 0.15) is 24.3 Å². The number of amides is 1. The van der Waals surface area contributed by atoms with Crippen molar-refractivity contribution in [2.24, 2.45) is 0 Å². The van der Waals surface area contributed by atoms with Gasteiger partial charge < -0.3 is 4.90 Å². The van der Waals surface area contributed by atoms with Gasteiger partial charge in [-0.1, -0.05) is 36.9 Å². The molecule has 1 aliphatic rings. The molecule has 0 atom stereocenters. The third kappa shape index (κ3) is 2.01. The van der Waals surface area contributed by atoms with Crippen LogP contribution in [0, 0.1) is 0 Å². The fraction of sp³-hybridized carbons (Fsp3) is 0.357. The minimum absolute atomic E-state index is 0.0245. The number of hydrogen-bond acceptors (Lipinski definition) is 1. The summed E-state index contributed by atoms with van der Waals surface area (Å²) in [6.07, 6.45) is 3.52. The summed E-state index contributed by atoms with van der Waals surface area (Å²) in [5.74, 6) is 0.641. The number of rotatable bonds is 3. The van der Waals surface area contributed by atoms with Gasteiger partial charge in [-0.3, -0.25) is 4.79 Å².